The Bertz CT molecular complexity index is 669. The summed E-state index contributed by atoms with van der Waals surface area (Å²) in [5.74, 6) is 5.36. The molecular formula is C15H16N4O2. The van der Waals surface area contributed by atoms with Gasteiger partial charge in [-0.2, -0.15) is 0 Å². The van der Waals surface area contributed by atoms with Gasteiger partial charge >= 0.3 is 0 Å². The first-order valence-electron chi connectivity index (χ1n) is 6.53. The molecular weight excluding hydrogens is 268 g/mol. The van der Waals surface area contributed by atoms with Crippen molar-refractivity contribution in [1.82, 2.24) is 15.0 Å². The number of aryl methyl sites for hydroxylation is 2. The first-order chi connectivity index (χ1) is 10.2. The molecule has 0 aliphatic heterocycles. The van der Waals surface area contributed by atoms with E-state index in [9.17, 15) is 4.79 Å². The van der Waals surface area contributed by atoms with Crippen LogP contribution >= 0.6 is 0 Å². The molecule has 1 heterocycles. The molecule has 0 atom stereocenters. The summed E-state index contributed by atoms with van der Waals surface area (Å²) in [4.78, 5) is 11.9. The summed E-state index contributed by atoms with van der Waals surface area (Å²) in [5.41, 5.74) is 2.47. The third-order valence-electron chi connectivity index (χ3n) is 2.86. The molecule has 1 amide bonds. The third kappa shape index (κ3) is 4.44. The predicted octanol–water partition coefficient (Wildman–Crippen LogP) is 0.959. The number of amides is 1. The van der Waals surface area contributed by atoms with Crippen LogP contribution in [0, 0.1) is 18.8 Å². The van der Waals surface area contributed by atoms with Crippen LogP contribution < -0.4 is 5.32 Å². The van der Waals surface area contributed by atoms with Crippen molar-refractivity contribution >= 4 is 11.6 Å². The number of carbonyl (C=O) groups is 1. The summed E-state index contributed by atoms with van der Waals surface area (Å²) in [6.45, 7) is 2.22. The minimum absolute atomic E-state index is 0.101. The zero-order valence-electron chi connectivity index (χ0n) is 11.7. The SMILES string of the molecule is Cc1ccc(NC(=O)CCn2ccnn2)cc1C#CCO. The highest BCUT2D eigenvalue weighted by Crippen LogP contribution is 2.14. The summed E-state index contributed by atoms with van der Waals surface area (Å²) in [6.07, 6.45) is 3.60. The summed E-state index contributed by atoms with van der Waals surface area (Å²) < 4.78 is 1.60. The van der Waals surface area contributed by atoms with Crippen LogP contribution in [0.2, 0.25) is 0 Å². The van der Waals surface area contributed by atoms with E-state index in [-0.39, 0.29) is 12.5 Å². The number of aliphatic hydroxyl groups is 1. The highest BCUT2D eigenvalue weighted by Gasteiger charge is 2.05. The highest BCUT2D eigenvalue weighted by molar-refractivity contribution is 5.90. The number of aromatic nitrogens is 3. The van der Waals surface area contributed by atoms with Gasteiger partial charge in [-0.25, -0.2) is 0 Å². The Hall–Kier alpha value is -2.65. The monoisotopic (exact) mass is 284 g/mol. The first kappa shape index (κ1) is 14.8. The molecule has 0 bridgehead atoms. The molecule has 0 aliphatic rings. The van der Waals surface area contributed by atoms with Gasteiger partial charge in [0.15, 0.2) is 0 Å². The van der Waals surface area contributed by atoms with E-state index in [1.165, 1.54) is 0 Å². The second-order valence-electron chi connectivity index (χ2n) is 4.45. The van der Waals surface area contributed by atoms with E-state index in [1.807, 2.05) is 19.1 Å². The van der Waals surface area contributed by atoms with Crippen molar-refractivity contribution in [2.24, 2.45) is 0 Å². The lowest BCUT2D eigenvalue weighted by Gasteiger charge is -2.07. The number of anilines is 1. The summed E-state index contributed by atoms with van der Waals surface area (Å²) in [7, 11) is 0. The van der Waals surface area contributed by atoms with Gasteiger partial charge in [-0.3, -0.25) is 9.48 Å². The molecule has 1 aromatic carbocycles. The average molecular weight is 284 g/mol. The number of rotatable bonds is 4. The predicted molar refractivity (Wildman–Crippen MR) is 78.4 cm³/mol. The summed E-state index contributed by atoms with van der Waals surface area (Å²) >= 11 is 0. The summed E-state index contributed by atoms with van der Waals surface area (Å²) in [5, 5.41) is 19.0. The maximum atomic E-state index is 11.9. The fourth-order valence-electron chi connectivity index (χ4n) is 1.76. The number of benzene rings is 1. The molecule has 21 heavy (non-hydrogen) atoms. The van der Waals surface area contributed by atoms with E-state index in [2.05, 4.69) is 27.5 Å². The second kappa shape index (κ2) is 7.22. The fourth-order valence-corrected chi connectivity index (χ4v) is 1.76. The molecule has 0 aliphatic carbocycles. The van der Waals surface area contributed by atoms with Gasteiger partial charge < -0.3 is 10.4 Å². The molecule has 0 unspecified atom stereocenters. The van der Waals surface area contributed by atoms with E-state index in [4.69, 9.17) is 5.11 Å². The number of aliphatic hydroxyl groups excluding tert-OH is 1. The molecule has 6 heteroatoms. The molecule has 108 valence electrons. The van der Waals surface area contributed by atoms with Crippen LogP contribution in [-0.4, -0.2) is 32.6 Å². The van der Waals surface area contributed by atoms with Crippen LogP contribution in [0.5, 0.6) is 0 Å². The lowest BCUT2D eigenvalue weighted by atomic mass is 10.1. The van der Waals surface area contributed by atoms with Gasteiger partial charge in [0.1, 0.15) is 6.61 Å². The van der Waals surface area contributed by atoms with E-state index >= 15 is 0 Å². The summed E-state index contributed by atoms with van der Waals surface area (Å²) in [6, 6.07) is 5.51. The van der Waals surface area contributed by atoms with Crippen molar-refractivity contribution in [2.75, 3.05) is 11.9 Å². The number of hydrogen-bond donors (Lipinski definition) is 2. The minimum atomic E-state index is -0.187. The van der Waals surface area contributed by atoms with Crippen molar-refractivity contribution in [3.63, 3.8) is 0 Å². The van der Waals surface area contributed by atoms with Crippen LogP contribution in [0.15, 0.2) is 30.6 Å². The molecule has 2 aromatic rings. The fraction of sp³-hybridized carbons (Fsp3) is 0.267. The number of nitrogens with one attached hydrogen (secondary N) is 1. The highest BCUT2D eigenvalue weighted by atomic mass is 16.2. The first-order valence-corrected chi connectivity index (χ1v) is 6.53. The maximum Gasteiger partial charge on any atom is 0.226 e. The molecule has 2 rings (SSSR count). The van der Waals surface area contributed by atoms with Gasteiger partial charge in [-0.1, -0.05) is 23.1 Å². The van der Waals surface area contributed by atoms with Crippen LogP contribution in [-0.2, 0) is 11.3 Å². The largest absolute Gasteiger partial charge is 0.384 e. The smallest absolute Gasteiger partial charge is 0.226 e. The zero-order valence-corrected chi connectivity index (χ0v) is 11.7. The van der Waals surface area contributed by atoms with Crippen molar-refractivity contribution in [3.8, 4) is 11.8 Å². The molecule has 6 nitrogen and oxygen atoms in total. The lowest BCUT2D eigenvalue weighted by Crippen LogP contribution is -2.15. The Kier molecular flexibility index (Phi) is 5.07. The molecule has 0 radical (unpaired) electrons. The van der Waals surface area contributed by atoms with Crippen molar-refractivity contribution in [1.29, 1.82) is 0 Å². The van der Waals surface area contributed by atoms with E-state index in [0.717, 1.165) is 11.1 Å². The van der Waals surface area contributed by atoms with Crippen molar-refractivity contribution in [3.05, 3.63) is 41.7 Å². The Morgan fingerprint density at radius 2 is 2.33 bits per heavy atom. The second-order valence-corrected chi connectivity index (χ2v) is 4.45. The Balaban J connectivity index is 1.97. The number of carbonyl (C=O) groups excluding carboxylic acids is 1. The Morgan fingerprint density at radius 3 is 3.05 bits per heavy atom. The van der Waals surface area contributed by atoms with Crippen LogP contribution in [0.4, 0.5) is 5.69 Å². The normalized spacial score (nSPS) is 9.81. The van der Waals surface area contributed by atoms with Gasteiger partial charge in [-0.05, 0) is 24.6 Å². The minimum Gasteiger partial charge on any atom is -0.384 e. The lowest BCUT2D eigenvalue weighted by molar-refractivity contribution is -0.116. The zero-order chi connectivity index (χ0) is 15.1. The van der Waals surface area contributed by atoms with E-state index < -0.39 is 0 Å². The van der Waals surface area contributed by atoms with Gasteiger partial charge in [0.2, 0.25) is 5.91 Å². The number of nitrogens with zero attached hydrogens (tertiary/aromatic N) is 3. The average Bonchev–Trinajstić information content (AvgIpc) is 2.99. The standard InChI is InChI=1S/C15H16N4O2/c1-12-4-5-14(11-13(12)3-2-10-20)17-15(21)6-8-19-9-7-16-18-19/h4-5,7,9,11,20H,6,8,10H2,1H3,(H,17,21). The molecule has 0 spiro atoms. The molecule has 0 saturated heterocycles. The van der Waals surface area contributed by atoms with Crippen LogP contribution in [0.3, 0.4) is 0 Å². The molecule has 0 fully saturated rings. The van der Waals surface area contributed by atoms with Crippen molar-refractivity contribution in [2.45, 2.75) is 19.9 Å². The van der Waals surface area contributed by atoms with E-state index in [1.54, 1.807) is 23.1 Å². The molecule has 1 aromatic heterocycles. The quantitative estimate of drug-likeness (QED) is 0.820. The Labute approximate surface area is 122 Å². The van der Waals surface area contributed by atoms with Crippen molar-refractivity contribution < 1.29 is 9.90 Å². The molecule has 2 N–H and O–H groups in total. The third-order valence-corrected chi connectivity index (χ3v) is 2.86. The van der Waals surface area contributed by atoms with Crippen LogP contribution in [0.25, 0.3) is 0 Å². The van der Waals surface area contributed by atoms with Crippen LogP contribution in [0.1, 0.15) is 17.5 Å². The number of hydrogen-bond acceptors (Lipinski definition) is 4. The van der Waals surface area contributed by atoms with Gasteiger partial charge in [0.25, 0.3) is 0 Å². The van der Waals surface area contributed by atoms with Gasteiger partial charge in [-0.15, -0.1) is 5.10 Å². The topological polar surface area (TPSA) is 80.0 Å². The maximum absolute atomic E-state index is 11.9. The van der Waals surface area contributed by atoms with E-state index in [0.29, 0.717) is 18.7 Å². The van der Waals surface area contributed by atoms with Gasteiger partial charge in [0.05, 0.1) is 12.7 Å². The molecule has 0 saturated carbocycles. The Morgan fingerprint density at radius 1 is 1.48 bits per heavy atom. The van der Waals surface area contributed by atoms with Gasteiger partial charge in [0, 0.05) is 23.9 Å².